The van der Waals surface area contributed by atoms with Crippen LogP contribution in [-0.4, -0.2) is 18.7 Å². The van der Waals surface area contributed by atoms with E-state index < -0.39 is 0 Å². The molecule has 0 saturated carbocycles. The van der Waals surface area contributed by atoms with Crippen LogP contribution in [0.3, 0.4) is 0 Å². The molecule has 1 saturated heterocycles. The molecule has 1 fully saturated rings. The molecule has 98 valence electrons. The zero-order chi connectivity index (χ0) is 12.6. The van der Waals surface area contributed by atoms with Gasteiger partial charge in [-0.2, -0.15) is 0 Å². The number of hydrogen-bond donors (Lipinski definition) is 1. The van der Waals surface area contributed by atoms with Crippen molar-refractivity contribution in [3.05, 3.63) is 28.3 Å². The molecular formula is C15H20ClNO. The Morgan fingerprint density at radius 2 is 2.33 bits per heavy atom. The summed E-state index contributed by atoms with van der Waals surface area (Å²) in [6.45, 7) is 4.20. The lowest BCUT2D eigenvalue weighted by atomic mass is 9.86. The van der Waals surface area contributed by atoms with E-state index in [1.165, 1.54) is 24.0 Å². The van der Waals surface area contributed by atoms with Crippen molar-refractivity contribution in [2.24, 2.45) is 0 Å². The first kappa shape index (κ1) is 12.3. The van der Waals surface area contributed by atoms with Crippen molar-refractivity contribution in [2.45, 2.75) is 44.6 Å². The largest absolute Gasteiger partial charge is 0.493 e. The maximum Gasteiger partial charge on any atom is 0.125 e. The van der Waals surface area contributed by atoms with Gasteiger partial charge in [0.25, 0.3) is 0 Å². The molecule has 0 bridgehead atoms. The molecule has 0 aliphatic carbocycles. The van der Waals surface area contributed by atoms with E-state index in [1.807, 2.05) is 6.07 Å². The van der Waals surface area contributed by atoms with Crippen LogP contribution >= 0.6 is 11.6 Å². The van der Waals surface area contributed by atoms with E-state index in [1.54, 1.807) is 0 Å². The van der Waals surface area contributed by atoms with Crippen LogP contribution in [0.2, 0.25) is 5.02 Å². The quantitative estimate of drug-likeness (QED) is 0.905. The fourth-order valence-electron chi connectivity index (χ4n) is 3.29. The van der Waals surface area contributed by atoms with Crippen molar-refractivity contribution in [2.75, 3.05) is 13.2 Å². The molecule has 2 heterocycles. The van der Waals surface area contributed by atoms with Gasteiger partial charge in [0.1, 0.15) is 5.75 Å². The number of rotatable bonds is 3. The predicted molar refractivity (Wildman–Crippen MR) is 74.6 cm³/mol. The van der Waals surface area contributed by atoms with Gasteiger partial charge in [0.05, 0.1) is 6.61 Å². The molecule has 1 aromatic carbocycles. The van der Waals surface area contributed by atoms with Crippen molar-refractivity contribution >= 4 is 11.6 Å². The summed E-state index contributed by atoms with van der Waals surface area (Å²) in [6, 6.07) is 4.14. The minimum Gasteiger partial charge on any atom is -0.493 e. The molecule has 1 unspecified atom stereocenters. The second kappa shape index (κ2) is 4.75. The van der Waals surface area contributed by atoms with Gasteiger partial charge in [0, 0.05) is 17.0 Å². The number of halogens is 1. The Bertz CT molecular complexity index is 452. The number of hydrogen-bond acceptors (Lipinski definition) is 2. The van der Waals surface area contributed by atoms with Crippen molar-refractivity contribution in [1.29, 1.82) is 0 Å². The molecular weight excluding hydrogens is 246 g/mol. The van der Waals surface area contributed by atoms with E-state index in [0.717, 1.165) is 43.2 Å². The Morgan fingerprint density at radius 3 is 3.06 bits per heavy atom. The van der Waals surface area contributed by atoms with E-state index in [4.69, 9.17) is 16.3 Å². The van der Waals surface area contributed by atoms with Crippen molar-refractivity contribution < 1.29 is 4.74 Å². The molecule has 1 N–H and O–H groups in total. The highest BCUT2D eigenvalue weighted by atomic mass is 35.5. The van der Waals surface area contributed by atoms with E-state index in [-0.39, 0.29) is 5.54 Å². The van der Waals surface area contributed by atoms with Crippen LogP contribution in [0.1, 0.15) is 37.3 Å². The average Bonchev–Trinajstić information content (AvgIpc) is 2.98. The standard InChI is InChI=1S/C15H20ClNO/c1-2-15(5-3-6-17-15)10-12-9-13(16)8-11-4-7-18-14(11)12/h8-9,17H,2-7,10H2,1H3. The summed E-state index contributed by atoms with van der Waals surface area (Å²) in [7, 11) is 0. The predicted octanol–water partition coefficient (Wildman–Crippen LogP) is 3.35. The third-order valence-electron chi connectivity index (χ3n) is 4.36. The molecule has 2 aliphatic rings. The van der Waals surface area contributed by atoms with Crippen LogP contribution in [0.15, 0.2) is 12.1 Å². The molecule has 1 aromatic rings. The lowest BCUT2D eigenvalue weighted by molar-refractivity contribution is 0.332. The Kier molecular flexibility index (Phi) is 3.25. The second-order valence-corrected chi connectivity index (χ2v) is 5.93. The molecule has 0 radical (unpaired) electrons. The van der Waals surface area contributed by atoms with Crippen LogP contribution in [0.25, 0.3) is 0 Å². The van der Waals surface area contributed by atoms with Crippen LogP contribution in [0.4, 0.5) is 0 Å². The van der Waals surface area contributed by atoms with Crippen molar-refractivity contribution in [3.8, 4) is 5.75 Å². The minimum atomic E-state index is 0.254. The second-order valence-electron chi connectivity index (χ2n) is 5.49. The van der Waals surface area contributed by atoms with Gasteiger partial charge in [0.2, 0.25) is 0 Å². The van der Waals surface area contributed by atoms with Gasteiger partial charge in [-0.25, -0.2) is 0 Å². The van der Waals surface area contributed by atoms with Gasteiger partial charge >= 0.3 is 0 Å². The zero-order valence-corrected chi connectivity index (χ0v) is 11.6. The highest BCUT2D eigenvalue weighted by Crippen LogP contribution is 2.37. The van der Waals surface area contributed by atoms with Crippen LogP contribution in [0.5, 0.6) is 5.75 Å². The summed E-state index contributed by atoms with van der Waals surface area (Å²) in [5.41, 5.74) is 2.82. The summed E-state index contributed by atoms with van der Waals surface area (Å²) in [5.74, 6) is 1.10. The smallest absolute Gasteiger partial charge is 0.125 e. The fraction of sp³-hybridized carbons (Fsp3) is 0.600. The SMILES string of the molecule is CCC1(Cc2cc(Cl)cc3c2OCC3)CCCN1. The first-order valence-electron chi connectivity index (χ1n) is 6.91. The van der Waals surface area contributed by atoms with Gasteiger partial charge < -0.3 is 10.1 Å². The molecule has 2 nitrogen and oxygen atoms in total. The van der Waals surface area contributed by atoms with Gasteiger partial charge in [-0.05, 0) is 55.5 Å². The lowest BCUT2D eigenvalue weighted by Gasteiger charge is -2.29. The monoisotopic (exact) mass is 265 g/mol. The maximum absolute atomic E-state index is 6.23. The first-order chi connectivity index (χ1) is 8.72. The summed E-state index contributed by atoms with van der Waals surface area (Å²) in [5, 5.41) is 4.53. The van der Waals surface area contributed by atoms with E-state index in [2.05, 4.69) is 18.3 Å². The fourth-order valence-corrected chi connectivity index (χ4v) is 3.55. The van der Waals surface area contributed by atoms with Crippen molar-refractivity contribution in [3.63, 3.8) is 0 Å². The zero-order valence-electron chi connectivity index (χ0n) is 10.9. The Labute approximate surface area is 114 Å². The topological polar surface area (TPSA) is 21.3 Å². The van der Waals surface area contributed by atoms with Crippen LogP contribution in [-0.2, 0) is 12.8 Å². The van der Waals surface area contributed by atoms with E-state index in [0.29, 0.717) is 0 Å². The van der Waals surface area contributed by atoms with Crippen molar-refractivity contribution in [1.82, 2.24) is 5.32 Å². The normalized spacial score (nSPS) is 26.1. The third kappa shape index (κ3) is 2.12. The number of fused-ring (bicyclic) bond motifs is 1. The van der Waals surface area contributed by atoms with E-state index in [9.17, 15) is 0 Å². The van der Waals surface area contributed by atoms with E-state index >= 15 is 0 Å². The third-order valence-corrected chi connectivity index (χ3v) is 4.58. The molecule has 1 atom stereocenters. The summed E-state index contributed by atoms with van der Waals surface area (Å²) in [6.07, 6.45) is 5.72. The molecule has 0 aromatic heterocycles. The summed E-state index contributed by atoms with van der Waals surface area (Å²) < 4.78 is 5.80. The maximum atomic E-state index is 6.23. The molecule has 2 aliphatic heterocycles. The molecule has 0 spiro atoms. The number of ether oxygens (including phenoxy) is 1. The number of benzene rings is 1. The minimum absolute atomic E-state index is 0.254. The molecule has 18 heavy (non-hydrogen) atoms. The molecule has 0 amide bonds. The van der Waals surface area contributed by atoms with Gasteiger partial charge in [0.15, 0.2) is 0 Å². The van der Waals surface area contributed by atoms with Gasteiger partial charge in [-0.1, -0.05) is 18.5 Å². The average molecular weight is 266 g/mol. The number of nitrogens with one attached hydrogen (secondary N) is 1. The highest BCUT2D eigenvalue weighted by Gasteiger charge is 2.33. The van der Waals surface area contributed by atoms with Gasteiger partial charge in [-0.15, -0.1) is 0 Å². The lowest BCUT2D eigenvalue weighted by Crippen LogP contribution is -2.41. The van der Waals surface area contributed by atoms with Crippen LogP contribution < -0.4 is 10.1 Å². The molecule has 3 heteroatoms. The Hall–Kier alpha value is -0.730. The Balaban J connectivity index is 1.92. The Morgan fingerprint density at radius 1 is 1.44 bits per heavy atom. The van der Waals surface area contributed by atoms with Crippen LogP contribution in [0, 0.1) is 0 Å². The molecule has 3 rings (SSSR count). The first-order valence-corrected chi connectivity index (χ1v) is 7.29. The highest BCUT2D eigenvalue weighted by molar-refractivity contribution is 6.30. The summed E-state index contributed by atoms with van der Waals surface area (Å²) >= 11 is 6.23. The van der Waals surface area contributed by atoms with Gasteiger partial charge in [-0.3, -0.25) is 0 Å². The summed E-state index contributed by atoms with van der Waals surface area (Å²) in [4.78, 5) is 0.